The van der Waals surface area contributed by atoms with E-state index in [1.54, 1.807) is 13.0 Å². The average molecular weight is 253 g/mol. The molecule has 0 heterocycles. The maximum Gasteiger partial charge on any atom is 0.272 e. The minimum absolute atomic E-state index is 0.176. The van der Waals surface area contributed by atoms with Gasteiger partial charge in [0, 0.05) is 17.0 Å². The highest BCUT2D eigenvalue weighted by molar-refractivity contribution is 5.82. The predicted molar refractivity (Wildman–Crippen MR) is 75.4 cm³/mol. The van der Waals surface area contributed by atoms with Crippen LogP contribution < -0.4 is 0 Å². The number of nitro groups is 1. The summed E-state index contributed by atoms with van der Waals surface area (Å²) in [5, 5.41) is 11.1. The van der Waals surface area contributed by atoms with Gasteiger partial charge in [-0.05, 0) is 35.2 Å². The molecule has 3 rings (SSSR count). The van der Waals surface area contributed by atoms with E-state index in [2.05, 4.69) is 26.0 Å². The van der Waals surface area contributed by atoms with Gasteiger partial charge in [-0.1, -0.05) is 38.1 Å². The maximum atomic E-state index is 11.1. The van der Waals surface area contributed by atoms with Gasteiger partial charge in [-0.15, -0.1) is 0 Å². The van der Waals surface area contributed by atoms with E-state index >= 15 is 0 Å². The summed E-state index contributed by atoms with van der Waals surface area (Å²) < 4.78 is 0. The summed E-state index contributed by atoms with van der Waals surface area (Å²) >= 11 is 0. The molecule has 1 aliphatic carbocycles. The first-order chi connectivity index (χ1) is 8.93. The number of fused-ring (bicyclic) bond motifs is 3. The first-order valence-corrected chi connectivity index (χ1v) is 6.32. The molecule has 0 fully saturated rings. The van der Waals surface area contributed by atoms with Crippen molar-refractivity contribution in [1.29, 1.82) is 0 Å². The summed E-state index contributed by atoms with van der Waals surface area (Å²) in [5.74, 6) is 0. The molecule has 0 atom stereocenters. The molecular formula is C16H15NO2. The Labute approximate surface area is 112 Å². The lowest BCUT2D eigenvalue weighted by molar-refractivity contribution is -0.385. The Morgan fingerprint density at radius 3 is 2.42 bits per heavy atom. The van der Waals surface area contributed by atoms with Crippen LogP contribution in [0.4, 0.5) is 5.69 Å². The molecule has 0 aromatic heterocycles. The number of benzene rings is 2. The van der Waals surface area contributed by atoms with Crippen molar-refractivity contribution in [1.82, 2.24) is 0 Å². The second kappa shape index (κ2) is 3.67. The van der Waals surface area contributed by atoms with Crippen molar-refractivity contribution in [3.63, 3.8) is 0 Å². The fraction of sp³-hybridized carbons (Fsp3) is 0.250. The minimum atomic E-state index is -0.297. The molecule has 0 N–H and O–H groups in total. The van der Waals surface area contributed by atoms with Crippen LogP contribution in [0.3, 0.4) is 0 Å². The van der Waals surface area contributed by atoms with E-state index in [1.165, 1.54) is 11.1 Å². The first-order valence-electron chi connectivity index (χ1n) is 6.32. The van der Waals surface area contributed by atoms with Crippen molar-refractivity contribution in [3.8, 4) is 11.1 Å². The van der Waals surface area contributed by atoms with Crippen LogP contribution in [0.25, 0.3) is 11.1 Å². The third-order valence-electron chi connectivity index (χ3n) is 4.10. The lowest BCUT2D eigenvalue weighted by Crippen LogP contribution is -2.15. The van der Waals surface area contributed by atoms with Crippen molar-refractivity contribution in [2.75, 3.05) is 0 Å². The van der Waals surface area contributed by atoms with Gasteiger partial charge in [-0.2, -0.15) is 0 Å². The molecule has 0 saturated carbocycles. The maximum absolute atomic E-state index is 11.1. The minimum Gasteiger partial charge on any atom is -0.258 e. The van der Waals surface area contributed by atoms with Crippen molar-refractivity contribution >= 4 is 5.69 Å². The van der Waals surface area contributed by atoms with Crippen molar-refractivity contribution in [2.24, 2.45) is 0 Å². The van der Waals surface area contributed by atoms with Gasteiger partial charge < -0.3 is 0 Å². The Morgan fingerprint density at radius 2 is 1.74 bits per heavy atom. The molecule has 0 radical (unpaired) electrons. The normalized spacial score (nSPS) is 14.9. The second-order valence-electron chi connectivity index (χ2n) is 5.61. The Morgan fingerprint density at radius 1 is 1.05 bits per heavy atom. The van der Waals surface area contributed by atoms with E-state index in [9.17, 15) is 10.1 Å². The molecule has 0 spiro atoms. The third kappa shape index (κ3) is 1.51. The van der Waals surface area contributed by atoms with E-state index in [-0.39, 0.29) is 16.0 Å². The SMILES string of the molecule is Cc1cc2c(cc1[N+](=O)[O-])C(C)(C)c1ccccc1-2. The molecular weight excluding hydrogens is 238 g/mol. The summed E-state index contributed by atoms with van der Waals surface area (Å²) in [5.41, 5.74) is 5.36. The molecule has 0 bridgehead atoms. The van der Waals surface area contributed by atoms with Crippen molar-refractivity contribution < 1.29 is 4.92 Å². The lowest BCUT2D eigenvalue weighted by atomic mass is 9.82. The van der Waals surface area contributed by atoms with E-state index < -0.39 is 0 Å². The van der Waals surface area contributed by atoms with Gasteiger partial charge in [0.15, 0.2) is 0 Å². The Balaban J connectivity index is 2.36. The van der Waals surface area contributed by atoms with E-state index in [0.29, 0.717) is 0 Å². The fourth-order valence-corrected chi connectivity index (χ4v) is 3.04. The third-order valence-corrected chi connectivity index (χ3v) is 4.10. The van der Waals surface area contributed by atoms with Crippen LogP contribution in [0.5, 0.6) is 0 Å². The molecule has 0 aliphatic heterocycles. The number of nitro benzene ring substituents is 1. The average Bonchev–Trinajstić information content (AvgIpc) is 2.58. The molecule has 0 unspecified atom stereocenters. The summed E-state index contributed by atoms with van der Waals surface area (Å²) in [7, 11) is 0. The molecule has 2 aromatic carbocycles. The van der Waals surface area contributed by atoms with E-state index in [0.717, 1.165) is 16.7 Å². The second-order valence-corrected chi connectivity index (χ2v) is 5.61. The number of hydrogen-bond donors (Lipinski definition) is 0. The summed E-state index contributed by atoms with van der Waals surface area (Å²) in [6.07, 6.45) is 0. The number of nitrogens with zero attached hydrogens (tertiary/aromatic N) is 1. The van der Waals surface area contributed by atoms with Gasteiger partial charge in [0.2, 0.25) is 0 Å². The van der Waals surface area contributed by atoms with Crippen LogP contribution in [0, 0.1) is 17.0 Å². The van der Waals surface area contributed by atoms with Crippen LogP contribution in [-0.2, 0) is 5.41 Å². The molecule has 0 saturated heterocycles. The lowest BCUT2D eigenvalue weighted by Gasteiger charge is -2.21. The van der Waals surface area contributed by atoms with E-state index in [1.807, 2.05) is 18.2 Å². The molecule has 3 nitrogen and oxygen atoms in total. The highest BCUT2D eigenvalue weighted by Gasteiger charge is 2.36. The zero-order valence-corrected chi connectivity index (χ0v) is 11.2. The van der Waals surface area contributed by atoms with Gasteiger partial charge in [0.1, 0.15) is 0 Å². The van der Waals surface area contributed by atoms with Gasteiger partial charge in [0.05, 0.1) is 4.92 Å². The number of hydrogen-bond acceptors (Lipinski definition) is 2. The van der Waals surface area contributed by atoms with Gasteiger partial charge >= 0.3 is 0 Å². The zero-order valence-electron chi connectivity index (χ0n) is 11.2. The predicted octanol–water partition coefficient (Wildman–Crippen LogP) is 4.21. The Bertz CT molecular complexity index is 702. The standard InChI is InChI=1S/C16H15NO2/c1-10-8-12-11-6-4-5-7-13(11)16(2,3)14(12)9-15(10)17(18)19/h4-9H,1-3H3. The molecule has 96 valence electrons. The molecule has 0 amide bonds. The molecule has 3 heteroatoms. The summed E-state index contributed by atoms with van der Waals surface area (Å²) in [6, 6.07) is 11.9. The highest BCUT2D eigenvalue weighted by atomic mass is 16.6. The van der Waals surface area contributed by atoms with Crippen LogP contribution in [-0.4, -0.2) is 4.92 Å². The van der Waals surface area contributed by atoms with Crippen LogP contribution in [0.1, 0.15) is 30.5 Å². The molecule has 1 aliphatic rings. The first kappa shape index (κ1) is 11.9. The number of aryl methyl sites for hydroxylation is 1. The van der Waals surface area contributed by atoms with Gasteiger partial charge in [0.25, 0.3) is 5.69 Å². The van der Waals surface area contributed by atoms with Crippen LogP contribution in [0.2, 0.25) is 0 Å². The summed E-state index contributed by atoms with van der Waals surface area (Å²) in [4.78, 5) is 10.8. The van der Waals surface area contributed by atoms with Crippen molar-refractivity contribution in [2.45, 2.75) is 26.2 Å². The topological polar surface area (TPSA) is 43.1 Å². The van der Waals surface area contributed by atoms with Gasteiger partial charge in [-0.25, -0.2) is 0 Å². The summed E-state index contributed by atoms with van der Waals surface area (Å²) in [6.45, 7) is 6.04. The fourth-order valence-electron chi connectivity index (χ4n) is 3.04. The highest BCUT2D eigenvalue weighted by Crippen LogP contribution is 2.49. The molecule has 19 heavy (non-hydrogen) atoms. The quantitative estimate of drug-likeness (QED) is 0.564. The van der Waals surface area contributed by atoms with E-state index in [4.69, 9.17) is 0 Å². The Hall–Kier alpha value is -2.16. The van der Waals surface area contributed by atoms with Crippen LogP contribution >= 0.6 is 0 Å². The van der Waals surface area contributed by atoms with Crippen LogP contribution in [0.15, 0.2) is 36.4 Å². The zero-order chi connectivity index (χ0) is 13.8. The smallest absolute Gasteiger partial charge is 0.258 e. The van der Waals surface area contributed by atoms with Gasteiger partial charge in [-0.3, -0.25) is 10.1 Å². The van der Waals surface area contributed by atoms with Crippen molar-refractivity contribution in [3.05, 3.63) is 63.2 Å². The largest absolute Gasteiger partial charge is 0.272 e. The molecule has 2 aromatic rings. The monoisotopic (exact) mass is 253 g/mol. The number of rotatable bonds is 1. The Kier molecular flexibility index (Phi) is 2.30.